The van der Waals surface area contributed by atoms with Gasteiger partial charge in [-0.1, -0.05) is 54.3 Å². The minimum absolute atomic E-state index is 0.00335. The maximum atomic E-state index is 13.4. The van der Waals surface area contributed by atoms with Gasteiger partial charge in [0.05, 0.1) is 65.6 Å². The molecule has 71 heavy (non-hydrogen) atoms. The van der Waals surface area contributed by atoms with Gasteiger partial charge in [0.2, 0.25) is 17.7 Å². The summed E-state index contributed by atoms with van der Waals surface area (Å²) in [5.41, 5.74) is 4.53. The van der Waals surface area contributed by atoms with Crippen molar-refractivity contribution in [1.29, 1.82) is 0 Å². The van der Waals surface area contributed by atoms with E-state index in [2.05, 4.69) is 57.2 Å². The number of unbranched alkanes of at least 4 members (excludes halogenated alkanes) is 1. The number of methoxy groups -OCH3 is 1. The van der Waals surface area contributed by atoms with Crippen LogP contribution in [0.4, 0.5) is 5.69 Å². The summed E-state index contributed by atoms with van der Waals surface area (Å²) in [6.45, 7) is 3.10. The SMILES string of the molecule is COC(=O)C(CCCCNC(=O)CCCc1ccc(I)cc1)NC(=O)C(CCC(=O)O)CC(=O)CCOCCOCCOCCOCCCC(=O)CCC(=O)N1Cc2ccccc2C#Cc2ccccc21. The van der Waals surface area contributed by atoms with Crippen molar-refractivity contribution >= 4 is 69.5 Å². The average molecular weight is 1090 g/mol. The number of halogens is 1. The van der Waals surface area contributed by atoms with E-state index in [-0.39, 0.29) is 88.1 Å². The maximum absolute atomic E-state index is 13.4. The van der Waals surface area contributed by atoms with Gasteiger partial charge < -0.3 is 44.3 Å². The highest BCUT2D eigenvalue weighted by molar-refractivity contribution is 14.1. The Morgan fingerprint density at radius 2 is 1.31 bits per heavy atom. The van der Waals surface area contributed by atoms with Gasteiger partial charge in [-0.25, -0.2) is 4.79 Å². The topological polar surface area (TPSA) is 213 Å². The van der Waals surface area contributed by atoms with E-state index in [1.54, 1.807) is 4.90 Å². The van der Waals surface area contributed by atoms with Crippen LogP contribution in [0, 0.1) is 21.3 Å². The molecule has 2 unspecified atom stereocenters. The molecule has 1 aliphatic heterocycles. The van der Waals surface area contributed by atoms with E-state index in [1.807, 2.05) is 60.7 Å². The van der Waals surface area contributed by atoms with Crippen molar-refractivity contribution in [3.8, 4) is 11.8 Å². The summed E-state index contributed by atoms with van der Waals surface area (Å²) in [7, 11) is 1.21. The summed E-state index contributed by atoms with van der Waals surface area (Å²) in [5, 5.41) is 14.8. The number of aryl methyl sites for hydroxylation is 1. The lowest BCUT2D eigenvalue weighted by Gasteiger charge is -2.26. The second kappa shape index (κ2) is 34.0. The van der Waals surface area contributed by atoms with E-state index in [0.717, 1.165) is 38.8 Å². The molecule has 3 N–H and O–H groups in total. The van der Waals surface area contributed by atoms with E-state index < -0.39 is 29.8 Å². The van der Waals surface area contributed by atoms with E-state index >= 15 is 0 Å². The Balaban J connectivity index is 0.992. The zero-order chi connectivity index (χ0) is 51.1. The predicted octanol–water partition coefficient (Wildman–Crippen LogP) is 6.53. The molecule has 0 saturated carbocycles. The van der Waals surface area contributed by atoms with E-state index in [9.17, 15) is 38.7 Å². The molecule has 1 heterocycles. The number of carbonyl (C=O) groups excluding carboxylic acids is 6. The molecule has 0 aromatic heterocycles. The molecule has 1 aliphatic rings. The summed E-state index contributed by atoms with van der Waals surface area (Å²) >= 11 is 2.25. The molecule has 4 rings (SSSR count). The first-order valence-corrected chi connectivity index (χ1v) is 25.5. The quantitative estimate of drug-likeness (QED) is 0.0245. The predicted molar refractivity (Wildman–Crippen MR) is 274 cm³/mol. The summed E-state index contributed by atoms with van der Waals surface area (Å²) < 4.78 is 28.2. The Kier molecular flexibility index (Phi) is 27.8. The van der Waals surface area contributed by atoms with Gasteiger partial charge in [-0.3, -0.25) is 28.8 Å². The first-order valence-electron chi connectivity index (χ1n) is 24.4. The first kappa shape index (κ1) is 58.1. The van der Waals surface area contributed by atoms with Crippen LogP contribution in [0.5, 0.6) is 0 Å². The molecule has 0 bridgehead atoms. The van der Waals surface area contributed by atoms with Gasteiger partial charge >= 0.3 is 11.9 Å². The Morgan fingerprint density at radius 3 is 2.01 bits per heavy atom. The number of benzene rings is 3. The van der Waals surface area contributed by atoms with Crippen molar-refractivity contribution < 1.29 is 62.4 Å². The molecule has 0 fully saturated rings. The van der Waals surface area contributed by atoms with Crippen LogP contribution in [-0.4, -0.2) is 119 Å². The van der Waals surface area contributed by atoms with E-state index in [1.165, 1.54) is 12.7 Å². The molecule has 3 amide bonds. The number of carbonyl (C=O) groups is 7. The van der Waals surface area contributed by atoms with E-state index in [4.69, 9.17) is 23.7 Å². The monoisotopic (exact) mass is 1090 g/mol. The standard InChI is InChI=1S/C54H68IN3O13/c1-67-54(66)48(15-6-7-29-56-50(61)17-8-10-40-18-23-45(55)24-19-40)57-53(65)43(22-27-52(63)64)38-47(60)28-31-69-33-35-71-37-36-70-34-32-68-30-9-14-46(59)25-26-51(62)58-39-44-13-3-2-11-41(44)20-21-42-12-4-5-16-49(42)58/h2-5,11-13,16,18-19,23-24,43,48H,6-10,14-15,17,22,25-39H2,1H3,(H,56,61)(H,57,65)(H,63,64). The van der Waals surface area contributed by atoms with Gasteiger partial charge in [-0.15, -0.1) is 0 Å². The number of ether oxygens (including phenoxy) is 5. The second-order valence-electron chi connectivity index (χ2n) is 17.0. The third kappa shape index (κ3) is 23.5. The number of carboxylic acid groups (broad SMARTS) is 1. The number of ketones is 2. The van der Waals surface area contributed by atoms with Crippen LogP contribution in [0.25, 0.3) is 0 Å². The number of carboxylic acids is 1. The van der Waals surface area contributed by atoms with Crippen molar-refractivity contribution in [1.82, 2.24) is 10.6 Å². The molecule has 0 radical (unpaired) electrons. The highest BCUT2D eigenvalue weighted by Crippen LogP contribution is 2.26. The number of rotatable bonds is 36. The minimum Gasteiger partial charge on any atom is -0.481 e. The van der Waals surface area contributed by atoms with Crippen LogP contribution in [0.1, 0.15) is 106 Å². The molecule has 0 aliphatic carbocycles. The summed E-state index contributed by atoms with van der Waals surface area (Å²) in [4.78, 5) is 90.0. The summed E-state index contributed by atoms with van der Waals surface area (Å²) in [6, 6.07) is 22.5. The number of hydrogen-bond acceptors (Lipinski definition) is 12. The molecule has 2 atom stereocenters. The van der Waals surface area contributed by atoms with Gasteiger partial charge in [0.15, 0.2) is 0 Å². The van der Waals surface area contributed by atoms with Gasteiger partial charge in [-0.05, 0) is 109 Å². The van der Waals surface area contributed by atoms with Crippen molar-refractivity contribution in [3.05, 3.63) is 98.6 Å². The number of fused-ring (bicyclic) bond motifs is 2. The molecular weight excluding hydrogens is 1030 g/mol. The number of esters is 1. The smallest absolute Gasteiger partial charge is 0.328 e. The first-order chi connectivity index (χ1) is 34.4. The highest BCUT2D eigenvalue weighted by Gasteiger charge is 2.28. The number of hydrogen-bond donors (Lipinski definition) is 3. The Labute approximate surface area is 430 Å². The number of para-hydroxylation sites is 1. The fraction of sp³-hybridized carbons (Fsp3) is 0.500. The Bertz CT molecular complexity index is 2240. The number of amides is 3. The molecule has 17 heteroatoms. The largest absolute Gasteiger partial charge is 0.481 e. The lowest BCUT2D eigenvalue weighted by Crippen LogP contribution is -2.44. The van der Waals surface area contributed by atoms with Gasteiger partial charge in [0, 0.05) is 78.7 Å². The molecule has 384 valence electrons. The Hall–Kier alpha value is -5.52. The third-order valence-corrected chi connectivity index (χ3v) is 12.3. The van der Waals surface area contributed by atoms with Crippen LogP contribution in [0.15, 0.2) is 72.8 Å². The molecule has 0 saturated heterocycles. The van der Waals surface area contributed by atoms with E-state index in [0.29, 0.717) is 78.2 Å². The summed E-state index contributed by atoms with van der Waals surface area (Å²) in [6.07, 6.45) is 3.70. The maximum Gasteiger partial charge on any atom is 0.328 e. The fourth-order valence-corrected chi connectivity index (χ4v) is 7.97. The third-order valence-electron chi connectivity index (χ3n) is 11.6. The molecule has 0 spiro atoms. The number of Topliss-reactive ketones (excluding diaryl/α,β-unsaturated/α-hetero) is 2. The Morgan fingerprint density at radius 1 is 0.662 bits per heavy atom. The normalized spacial score (nSPS) is 12.5. The fourth-order valence-electron chi connectivity index (χ4n) is 7.61. The zero-order valence-corrected chi connectivity index (χ0v) is 42.9. The number of aliphatic carboxylic acids is 1. The lowest BCUT2D eigenvalue weighted by atomic mass is 9.94. The minimum atomic E-state index is -1.11. The number of anilines is 1. The average Bonchev–Trinajstić information content (AvgIpc) is 3.36. The van der Waals surface area contributed by atoms with Crippen molar-refractivity contribution in [3.63, 3.8) is 0 Å². The van der Waals surface area contributed by atoms with Crippen molar-refractivity contribution in [2.45, 2.75) is 102 Å². The summed E-state index contributed by atoms with van der Waals surface area (Å²) in [5.74, 6) is 2.58. The highest BCUT2D eigenvalue weighted by atomic mass is 127. The van der Waals surface area contributed by atoms with Gasteiger partial charge in [0.1, 0.15) is 17.6 Å². The molecule has 3 aromatic rings. The van der Waals surface area contributed by atoms with Crippen LogP contribution < -0.4 is 15.5 Å². The number of nitrogens with zero attached hydrogens (tertiary/aromatic N) is 1. The van der Waals surface area contributed by atoms with Crippen LogP contribution in [0.2, 0.25) is 0 Å². The second-order valence-corrected chi connectivity index (χ2v) is 18.3. The molecule has 3 aromatic carbocycles. The molecule has 16 nitrogen and oxygen atoms in total. The van der Waals surface area contributed by atoms with Crippen LogP contribution in [-0.2, 0) is 70.2 Å². The molecular formula is C54H68IN3O13. The zero-order valence-electron chi connectivity index (χ0n) is 40.7. The van der Waals surface area contributed by atoms with Crippen LogP contribution in [0.3, 0.4) is 0 Å². The lowest BCUT2D eigenvalue weighted by molar-refractivity contribution is -0.146. The van der Waals surface area contributed by atoms with Gasteiger partial charge in [-0.2, -0.15) is 0 Å². The van der Waals surface area contributed by atoms with Crippen molar-refractivity contribution in [2.24, 2.45) is 5.92 Å². The van der Waals surface area contributed by atoms with Crippen LogP contribution >= 0.6 is 22.6 Å². The number of nitrogens with one attached hydrogen (secondary N) is 2. The van der Waals surface area contributed by atoms with Crippen molar-refractivity contribution in [2.75, 3.05) is 71.4 Å². The van der Waals surface area contributed by atoms with Gasteiger partial charge in [0.25, 0.3) is 0 Å².